The Labute approximate surface area is 169 Å². The molecule has 2 amide bonds. The van der Waals surface area contributed by atoms with Crippen LogP contribution in [0.4, 0.5) is 20.2 Å². The molecule has 0 bridgehead atoms. The molecule has 1 heterocycles. The number of carbonyl (C=O) groups is 2. The van der Waals surface area contributed by atoms with Crippen LogP contribution in [0.25, 0.3) is 5.69 Å². The molecule has 0 aliphatic heterocycles. The normalized spacial score (nSPS) is 11.7. The summed E-state index contributed by atoms with van der Waals surface area (Å²) in [4.78, 5) is 23.7. The lowest BCUT2D eigenvalue weighted by Gasteiger charge is -2.13. The van der Waals surface area contributed by atoms with Gasteiger partial charge in [-0.2, -0.15) is 0 Å². The van der Waals surface area contributed by atoms with Crippen LogP contribution in [0, 0.1) is 11.6 Å². The second-order valence-electron chi connectivity index (χ2n) is 6.09. The van der Waals surface area contributed by atoms with E-state index in [4.69, 9.17) is 0 Å². The monoisotopic (exact) mass is 417 g/mol. The van der Waals surface area contributed by atoms with Gasteiger partial charge in [0.25, 0.3) is 0 Å². The van der Waals surface area contributed by atoms with Crippen LogP contribution < -0.4 is 10.6 Å². The van der Waals surface area contributed by atoms with Crippen molar-refractivity contribution < 1.29 is 18.4 Å². The number of nitrogens with zero attached hydrogens (tertiary/aromatic N) is 3. The maximum atomic E-state index is 13.7. The molecule has 3 rings (SSSR count). The summed E-state index contributed by atoms with van der Waals surface area (Å²) in [6.45, 7) is 3.03. The Kier molecular flexibility index (Phi) is 6.23. The summed E-state index contributed by atoms with van der Waals surface area (Å²) in [5.41, 5.74) is 1.06. The van der Waals surface area contributed by atoms with Crippen LogP contribution in [-0.2, 0) is 9.59 Å². The van der Waals surface area contributed by atoms with Crippen molar-refractivity contribution in [2.24, 2.45) is 0 Å². The van der Waals surface area contributed by atoms with Crippen LogP contribution in [0.1, 0.15) is 13.8 Å². The van der Waals surface area contributed by atoms with E-state index in [1.165, 1.54) is 13.3 Å². The number of anilines is 2. The van der Waals surface area contributed by atoms with Gasteiger partial charge >= 0.3 is 0 Å². The molecule has 0 aliphatic carbocycles. The van der Waals surface area contributed by atoms with Crippen LogP contribution in [-0.4, -0.2) is 31.8 Å². The average Bonchev–Trinajstić information content (AvgIpc) is 3.12. The summed E-state index contributed by atoms with van der Waals surface area (Å²) in [6, 6.07) is 9.87. The van der Waals surface area contributed by atoms with Crippen molar-refractivity contribution in [2.45, 2.75) is 24.3 Å². The van der Waals surface area contributed by atoms with Crippen molar-refractivity contribution >= 4 is 35.0 Å². The minimum absolute atomic E-state index is 0.199. The molecular weight excluding hydrogens is 400 g/mol. The number of rotatable bonds is 6. The Morgan fingerprint density at radius 1 is 1.14 bits per heavy atom. The molecule has 150 valence electrons. The van der Waals surface area contributed by atoms with Crippen LogP contribution >= 0.6 is 11.8 Å². The van der Waals surface area contributed by atoms with E-state index in [0.29, 0.717) is 16.5 Å². The van der Waals surface area contributed by atoms with Gasteiger partial charge < -0.3 is 10.6 Å². The van der Waals surface area contributed by atoms with E-state index in [1.807, 2.05) is 0 Å². The molecule has 2 N–H and O–H groups in total. The predicted molar refractivity (Wildman–Crippen MR) is 106 cm³/mol. The number of benzene rings is 2. The highest BCUT2D eigenvalue weighted by atomic mass is 32.2. The van der Waals surface area contributed by atoms with Gasteiger partial charge in [0.05, 0.1) is 16.6 Å². The van der Waals surface area contributed by atoms with Crippen molar-refractivity contribution in [3.8, 4) is 5.69 Å². The van der Waals surface area contributed by atoms with Gasteiger partial charge in [-0.05, 0) is 37.3 Å². The third-order valence-electron chi connectivity index (χ3n) is 3.80. The highest BCUT2D eigenvalue weighted by molar-refractivity contribution is 8.00. The number of hydrogen-bond donors (Lipinski definition) is 2. The third-order valence-corrected chi connectivity index (χ3v) is 4.86. The van der Waals surface area contributed by atoms with E-state index in [0.717, 1.165) is 30.0 Å². The fraction of sp³-hybridized carbons (Fsp3) is 0.158. The first-order valence-electron chi connectivity index (χ1n) is 8.54. The number of hydrogen-bond acceptors (Lipinski definition) is 5. The lowest BCUT2D eigenvalue weighted by molar-refractivity contribution is -0.115. The van der Waals surface area contributed by atoms with Gasteiger partial charge in [0.15, 0.2) is 5.16 Å². The maximum absolute atomic E-state index is 13.7. The molecule has 2 aromatic carbocycles. The first-order chi connectivity index (χ1) is 13.8. The fourth-order valence-electron chi connectivity index (χ4n) is 2.46. The molecule has 0 aliphatic rings. The molecule has 3 aromatic rings. The third kappa shape index (κ3) is 5.17. The molecular formula is C19H17F2N5O2S. The van der Waals surface area contributed by atoms with E-state index >= 15 is 0 Å². The van der Waals surface area contributed by atoms with Gasteiger partial charge in [-0.1, -0.05) is 17.8 Å². The van der Waals surface area contributed by atoms with E-state index in [2.05, 4.69) is 20.8 Å². The van der Waals surface area contributed by atoms with Gasteiger partial charge in [0.2, 0.25) is 11.8 Å². The van der Waals surface area contributed by atoms with Crippen molar-refractivity contribution in [3.05, 3.63) is 60.4 Å². The van der Waals surface area contributed by atoms with E-state index in [9.17, 15) is 18.4 Å². The molecule has 0 saturated carbocycles. The summed E-state index contributed by atoms with van der Waals surface area (Å²) in [5, 5.41) is 12.7. The fourth-order valence-corrected chi connectivity index (χ4v) is 3.30. The SMILES string of the molecule is CC(=O)Nc1cccc(-n2cnnc2SC(C)C(=O)Nc2cc(F)ccc2F)c1. The molecule has 0 fully saturated rings. The molecule has 0 spiro atoms. The zero-order valence-electron chi connectivity index (χ0n) is 15.5. The molecule has 10 heteroatoms. The molecule has 1 unspecified atom stereocenters. The molecule has 0 saturated heterocycles. The molecule has 1 atom stereocenters. The minimum atomic E-state index is -0.727. The summed E-state index contributed by atoms with van der Waals surface area (Å²) >= 11 is 1.10. The Morgan fingerprint density at radius 3 is 2.69 bits per heavy atom. The number of thioether (sulfide) groups is 1. The smallest absolute Gasteiger partial charge is 0.237 e. The van der Waals surface area contributed by atoms with Crippen molar-refractivity contribution in [1.82, 2.24) is 14.8 Å². The summed E-state index contributed by atoms with van der Waals surface area (Å²) < 4.78 is 28.7. The van der Waals surface area contributed by atoms with E-state index < -0.39 is 22.8 Å². The molecule has 0 radical (unpaired) electrons. The van der Waals surface area contributed by atoms with E-state index in [1.54, 1.807) is 35.8 Å². The number of amides is 2. The predicted octanol–water partition coefficient (Wildman–Crippen LogP) is 3.62. The van der Waals surface area contributed by atoms with Crippen LogP contribution in [0.15, 0.2) is 53.9 Å². The van der Waals surface area contributed by atoms with Crippen LogP contribution in [0.3, 0.4) is 0 Å². The molecule has 1 aromatic heterocycles. The maximum Gasteiger partial charge on any atom is 0.237 e. The first-order valence-corrected chi connectivity index (χ1v) is 9.42. The summed E-state index contributed by atoms with van der Waals surface area (Å²) in [6.07, 6.45) is 1.48. The standard InChI is InChI=1S/C19H17F2N5O2S/c1-11(18(28)24-17-8-13(20)6-7-16(17)21)29-19-25-22-10-26(19)15-5-3-4-14(9-15)23-12(2)27/h3-11H,1-2H3,(H,23,27)(H,24,28). The van der Waals surface area contributed by atoms with Gasteiger partial charge in [-0.3, -0.25) is 14.2 Å². The highest BCUT2D eigenvalue weighted by Gasteiger charge is 2.20. The topological polar surface area (TPSA) is 88.9 Å². The summed E-state index contributed by atoms with van der Waals surface area (Å²) in [5.74, 6) is -2.09. The zero-order valence-corrected chi connectivity index (χ0v) is 16.3. The Balaban J connectivity index is 1.75. The highest BCUT2D eigenvalue weighted by Crippen LogP contribution is 2.26. The van der Waals surface area contributed by atoms with Crippen LogP contribution in [0.5, 0.6) is 0 Å². The second-order valence-corrected chi connectivity index (χ2v) is 7.40. The van der Waals surface area contributed by atoms with Crippen molar-refractivity contribution in [1.29, 1.82) is 0 Å². The number of halogens is 2. The first kappa shape index (κ1) is 20.5. The van der Waals surface area contributed by atoms with Crippen molar-refractivity contribution in [2.75, 3.05) is 10.6 Å². The van der Waals surface area contributed by atoms with Gasteiger partial charge in [0, 0.05) is 18.7 Å². The van der Waals surface area contributed by atoms with Gasteiger partial charge in [-0.15, -0.1) is 10.2 Å². The Hall–Kier alpha value is -3.27. The van der Waals surface area contributed by atoms with Crippen molar-refractivity contribution in [3.63, 3.8) is 0 Å². The lowest BCUT2D eigenvalue weighted by Crippen LogP contribution is -2.23. The van der Waals surface area contributed by atoms with Gasteiger partial charge in [-0.25, -0.2) is 8.78 Å². The molecule has 29 heavy (non-hydrogen) atoms. The summed E-state index contributed by atoms with van der Waals surface area (Å²) in [7, 11) is 0. The Bertz CT molecular complexity index is 1060. The van der Waals surface area contributed by atoms with Gasteiger partial charge in [0.1, 0.15) is 18.0 Å². The lowest BCUT2D eigenvalue weighted by atomic mass is 10.2. The molecule has 7 nitrogen and oxygen atoms in total. The second kappa shape index (κ2) is 8.82. The average molecular weight is 417 g/mol. The minimum Gasteiger partial charge on any atom is -0.326 e. The van der Waals surface area contributed by atoms with Crippen LogP contribution in [0.2, 0.25) is 0 Å². The van der Waals surface area contributed by atoms with E-state index in [-0.39, 0.29) is 11.6 Å². The quantitative estimate of drug-likeness (QED) is 0.598. The largest absolute Gasteiger partial charge is 0.326 e. The number of nitrogens with one attached hydrogen (secondary N) is 2. The number of carbonyl (C=O) groups excluding carboxylic acids is 2. The number of aromatic nitrogens is 3. The zero-order chi connectivity index (χ0) is 21.0. The Morgan fingerprint density at radius 2 is 1.93 bits per heavy atom.